The largest absolute Gasteiger partial charge is 0.495 e. The van der Waals surface area contributed by atoms with Crippen molar-refractivity contribution >= 4 is 11.6 Å². The van der Waals surface area contributed by atoms with Crippen LogP contribution in [0.15, 0.2) is 12.1 Å². The molecule has 1 aromatic carbocycles. The van der Waals surface area contributed by atoms with Crippen LogP contribution in [-0.2, 0) is 17.8 Å². The fourth-order valence-corrected chi connectivity index (χ4v) is 1.88. The molecule has 2 N–H and O–H groups in total. The first-order valence-electron chi connectivity index (χ1n) is 5.18. The van der Waals surface area contributed by atoms with Crippen molar-refractivity contribution in [3.05, 3.63) is 28.3 Å². The molecule has 0 aromatic heterocycles. The van der Waals surface area contributed by atoms with Gasteiger partial charge in [-0.3, -0.25) is 0 Å². The van der Waals surface area contributed by atoms with Gasteiger partial charge < -0.3 is 15.2 Å². The van der Waals surface area contributed by atoms with Gasteiger partial charge in [-0.1, -0.05) is 11.6 Å². The van der Waals surface area contributed by atoms with E-state index >= 15 is 0 Å². The molecule has 16 heavy (non-hydrogen) atoms. The van der Waals surface area contributed by atoms with Crippen molar-refractivity contribution in [1.29, 1.82) is 0 Å². The Labute approximate surface area is 101 Å². The average Bonchev–Trinajstić information content (AvgIpc) is 2.21. The zero-order valence-electron chi connectivity index (χ0n) is 9.92. The number of nitrogens with two attached hydrogens (primary N) is 1. The number of hydrogen-bond donors (Lipinski definition) is 1. The maximum absolute atomic E-state index is 6.08. The smallest absolute Gasteiger partial charge is 0.137 e. The first-order chi connectivity index (χ1) is 7.58. The van der Waals surface area contributed by atoms with Crippen LogP contribution in [0, 0.1) is 0 Å². The molecule has 90 valence electrons. The van der Waals surface area contributed by atoms with Gasteiger partial charge in [-0.15, -0.1) is 0 Å². The minimum Gasteiger partial charge on any atom is -0.495 e. The second-order valence-electron chi connectivity index (χ2n) is 3.87. The zero-order valence-corrected chi connectivity index (χ0v) is 10.7. The fraction of sp³-hybridized carbons (Fsp3) is 0.500. The molecule has 0 bridgehead atoms. The van der Waals surface area contributed by atoms with Crippen LogP contribution in [0.25, 0.3) is 0 Å². The zero-order chi connectivity index (χ0) is 12.1. The first kappa shape index (κ1) is 13.3. The topological polar surface area (TPSA) is 44.5 Å². The number of rotatable bonds is 5. The molecule has 1 unspecified atom stereocenters. The normalized spacial score (nSPS) is 12.6. The van der Waals surface area contributed by atoms with Gasteiger partial charge in [0.15, 0.2) is 0 Å². The molecule has 0 saturated heterocycles. The third-order valence-corrected chi connectivity index (χ3v) is 2.61. The van der Waals surface area contributed by atoms with E-state index in [-0.39, 0.29) is 6.04 Å². The number of benzene rings is 1. The second kappa shape index (κ2) is 6.09. The molecule has 0 aliphatic rings. The van der Waals surface area contributed by atoms with E-state index in [1.54, 1.807) is 14.2 Å². The lowest BCUT2D eigenvalue weighted by Gasteiger charge is -2.14. The predicted molar refractivity (Wildman–Crippen MR) is 66.1 cm³/mol. The lowest BCUT2D eigenvalue weighted by molar-refractivity contribution is 0.183. The van der Waals surface area contributed by atoms with E-state index in [0.29, 0.717) is 17.4 Å². The minimum absolute atomic E-state index is 0.0973. The van der Waals surface area contributed by atoms with E-state index in [4.69, 9.17) is 26.8 Å². The molecule has 1 rings (SSSR count). The lowest BCUT2D eigenvalue weighted by Crippen LogP contribution is -2.19. The molecule has 0 fully saturated rings. The highest BCUT2D eigenvalue weighted by molar-refractivity contribution is 6.32. The summed E-state index contributed by atoms with van der Waals surface area (Å²) in [6, 6.07) is 3.90. The van der Waals surface area contributed by atoms with E-state index in [2.05, 4.69) is 0 Å². The van der Waals surface area contributed by atoms with Crippen molar-refractivity contribution in [2.75, 3.05) is 14.2 Å². The lowest BCUT2D eigenvalue weighted by atomic mass is 10.0. The number of hydrogen-bond acceptors (Lipinski definition) is 3. The summed E-state index contributed by atoms with van der Waals surface area (Å²) >= 11 is 6.08. The van der Waals surface area contributed by atoms with Gasteiger partial charge in [0.1, 0.15) is 5.75 Å². The summed E-state index contributed by atoms with van der Waals surface area (Å²) in [5, 5.41) is 0.609. The summed E-state index contributed by atoms with van der Waals surface area (Å²) in [6.45, 7) is 2.50. The molecule has 0 radical (unpaired) electrons. The van der Waals surface area contributed by atoms with Gasteiger partial charge >= 0.3 is 0 Å². The van der Waals surface area contributed by atoms with Crippen LogP contribution in [-0.4, -0.2) is 20.3 Å². The predicted octanol–water partition coefficient (Wildman–Crippen LogP) is 2.38. The highest BCUT2D eigenvalue weighted by Crippen LogP contribution is 2.29. The molecule has 4 heteroatoms. The van der Waals surface area contributed by atoms with Gasteiger partial charge in [-0.05, 0) is 36.6 Å². The average molecular weight is 244 g/mol. The monoisotopic (exact) mass is 243 g/mol. The molecule has 1 atom stereocenters. The number of methoxy groups -OCH3 is 2. The highest BCUT2D eigenvalue weighted by Gasteiger charge is 2.10. The molecule has 0 aliphatic heterocycles. The number of ether oxygens (including phenoxy) is 2. The molecular weight excluding hydrogens is 226 g/mol. The Kier molecular flexibility index (Phi) is 5.06. The van der Waals surface area contributed by atoms with Crippen LogP contribution in [0.4, 0.5) is 0 Å². The van der Waals surface area contributed by atoms with Crippen LogP contribution < -0.4 is 10.5 Å². The Hall–Kier alpha value is -0.770. The maximum Gasteiger partial charge on any atom is 0.137 e. The van der Waals surface area contributed by atoms with Crippen molar-refractivity contribution in [2.45, 2.75) is 26.0 Å². The first-order valence-corrected chi connectivity index (χ1v) is 5.56. The quantitative estimate of drug-likeness (QED) is 0.864. The summed E-state index contributed by atoms with van der Waals surface area (Å²) in [5.74, 6) is 0.669. The van der Waals surface area contributed by atoms with E-state index in [1.165, 1.54) is 0 Å². The van der Waals surface area contributed by atoms with Gasteiger partial charge in [-0.25, -0.2) is 0 Å². The number of halogens is 1. The minimum atomic E-state index is 0.0973. The van der Waals surface area contributed by atoms with Gasteiger partial charge in [0, 0.05) is 13.2 Å². The maximum atomic E-state index is 6.08. The van der Waals surface area contributed by atoms with E-state index < -0.39 is 0 Å². The summed E-state index contributed by atoms with van der Waals surface area (Å²) in [5.41, 5.74) is 7.98. The Morgan fingerprint density at radius 1 is 1.31 bits per heavy atom. The van der Waals surface area contributed by atoms with Crippen molar-refractivity contribution in [3.8, 4) is 5.75 Å². The Bertz CT molecular complexity index is 353. The summed E-state index contributed by atoms with van der Waals surface area (Å²) in [6.07, 6.45) is 0.780. The van der Waals surface area contributed by atoms with E-state index in [1.807, 2.05) is 19.1 Å². The van der Waals surface area contributed by atoms with Gasteiger partial charge in [0.2, 0.25) is 0 Å². The van der Waals surface area contributed by atoms with E-state index in [0.717, 1.165) is 17.5 Å². The third-order valence-electron chi connectivity index (χ3n) is 2.32. The van der Waals surface area contributed by atoms with Crippen molar-refractivity contribution in [1.82, 2.24) is 0 Å². The SMILES string of the molecule is COCc1cc(OC)c(Cl)cc1CC(C)N. The third kappa shape index (κ3) is 3.37. The molecular formula is C12H18ClNO2. The molecule has 0 aliphatic carbocycles. The molecule has 0 heterocycles. The van der Waals surface area contributed by atoms with Crippen molar-refractivity contribution in [2.24, 2.45) is 5.73 Å². The summed E-state index contributed by atoms with van der Waals surface area (Å²) < 4.78 is 10.3. The summed E-state index contributed by atoms with van der Waals surface area (Å²) in [7, 11) is 3.26. The second-order valence-corrected chi connectivity index (χ2v) is 4.28. The van der Waals surface area contributed by atoms with Crippen molar-refractivity contribution < 1.29 is 9.47 Å². The van der Waals surface area contributed by atoms with E-state index in [9.17, 15) is 0 Å². The fourth-order valence-electron chi connectivity index (χ4n) is 1.62. The molecule has 0 spiro atoms. The van der Waals surface area contributed by atoms with Crippen LogP contribution >= 0.6 is 11.6 Å². The van der Waals surface area contributed by atoms with Crippen LogP contribution in [0.1, 0.15) is 18.1 Å². The van der Waals surface area contributed by atoms with Crippen LogP contribution in [0.2, 0.25) is 5.02 Å². The standard InChI is InChI=1S/C12H18ClNO2/c1-8(14)4-9-5-11(13)12(16-3)6-10(9)7-15-2/h5-6,8H,4,7,14H2,1-3H3. The Morgan fingerprint density at radius 3 is 2.50 bits per heavy atom. The van der Waals surface area contributed by atoms with Crippen LogP contribution in [0.3, 0.4) is 0 Å². The molecule has 1 aromatic rings. The molecule has 3 nitrogen and oxygen atoms in total. The molecule has 0 saturated carbocycles. The Balaban J connectivity index is 3.08. The van der Waals surface area contributed by atoms with Gasteiger partial charge in [-0.2, -0.15) is 0 Å². The highest BCUT2D eigenvalue weighted by atomic mass is 35.5. The molecule has 0 amide bonds. The van der Waals surface area contributed by atoms with Gasteiger partial charge in [0.05, 0.1) is 18.7 Å². The Morgan fingerprint density at radius 2 is 2.00 bits per heavy atom. The van der Waals surface area contributed by atoms with Gasteiger partial charge in [0.25, 0.3) is 0 Å². The van der Waals surface area contributed by atoms with Crippen molar-refractivity contribution in [3.63, 3.8) is 0 Å². The van der Waals surface area contributed by atoms with Crippen LogP contribution in [0.5, 0.6) is 5.75 Å². The summed E-state index contributed by atoms with van der Waals surface area (Å²) in [4.78, 5) is 0.